The zero-order chi connectivity index (χ0) is 29.4. The Morgan fingerprint density at radius 3 is 2.60 bits per heavy atom. The average molecular weight is 604 g/mol. The summed E-state index contributed by atoms with van der Waals surface area (Å²) in [6, 6.07) is 12.0. The van der Waals surface area contributed by atoms with E-state index in [1.54, 1.807) is 6.07 Å². The number of benzene rings is 2. The van der Waals surface area contributed by atoms with Gasteiger partial charge in [-0.15, -0.1) is 11.3 Å². The number of halogens is 1. The van der Waals surface area contributed by atoms with Crippen molar-refractivity contribution < 1.29 is 22.7 Å². The van der Waals surface area contributed by atoms with E-state index in [9.17, 15) is 22.7 Å². The van der Waals surface area contributed by atoms with Gasteiger partial charge in [-0.3, -0.25) is 4.57 Å². The van der Waals surface area contributed by atoms with Crippen LogP contribution in [0.4, 0.5) is 4.39 Å². The van der Waals surface area contributed by atoms with E-state index in [2.05, 4.69) is 22.9 Å². The second kappa shape index (κ2) is 11.5. The van der Waals surface area contributed by atoms with Crippen LogP contribution in [-0.2, 0) is 22.9 Å². The van der Waals surface area contributed by atoms with Gasteiger partial charge in [-0.2, -0.15) is 0 Å². The summed E-state index contributed by atoms with van der Waals surface area (Å²) in [7, 11) is -4.19. The standard InChI is InChI=1S/C32H30FN3O4S2/c33-27-16-23(12-13-30(27)42(34,39)40)15-25-26(24-7-3-6-21(14-24)9-8-20-4-1-2-5-20)18-36(29(25)17-22-10-11-22)32-35-28(19-41-32)31(37)38/h3,6-7,12-14,16,18-20,22H,1-2,4-5,10-11,15,17H2,(H,37,38)(H2,34,39,40). The Balaban J connectivity index is 1.48. The fourth-order valence-corrected chi connectivity index (χ4v) is 6.99. The molecule has 216 valence electrons. The van der Waals surface area contributed by atoms with Crippen LogP contribution >= 0.6 is 11.3 Å². The lowest BCUT2D eigenvalue weighted by Crippen LogP contribution is -2.14. The van der Waals surface area contributed by atoms with Crippen LogP contribution in [0.2, 0.25) is 0 Å². The molecular formula is C32H30FN3O4S2. The molecule has 2 aromatic carbocycles. The molecule has 2 aliphatic rings. The minimum absolute atomic E-state index is 0.0194. The van der Waals surface area contributed by atoms with Crippen molar-refractivity contribution in [3.8, 4) is 28.1 Å². The van der Waals surface area contributed by atoms with E-state index in [0.29, 0.717) is 29.0 Å². The summed E-state index contributed by atoms with van der Waals surface area (Å²) in [4.78, 5) is 15.5. The van der Waals surface area contributed by atoms with Gasteiger partial charge in [-0.1, -0.05) is 42.9 Å². The maximum Gasteiger partial charge on any atom is 0.355 e. The third kappa shape index (κ3) is 6.19. The summed E-state index contributed by atoms with van der Waals surface area (Å²) in [6.45, 7) is 0. The number of carbonyl (C=O) groups is 1. The van der Waals surface area contributed by atoms with Crippen molar-refractivity contribution in [1.29, 1.82) is 0 Å². The third-order valence-electron chi connectivity index (χ3n) is 7.95. The molecule has 4 aromatic rings. The molecule has 0 atom stereocenters. The zero-order valence-electron chi connectivity index (χ0n) is 22.8. The van der Waals surface area contributed by atoms with Crippen LogP contribution < -0.4 is 5.14 Å². The molecule has 6 rings (SSSR count). The minimum Gasteiger partial charge on any atom is -0.476 e. The molecule has 0 amide bonds. The number of hydrogen-bond donors (Lipinski definition) is 2. The van der Waals surface area contributed by atoms with Crippen molar-refractivity contribution >= 4 is 27.3 Å². The minimum atomic E-state index is -4.19. The Bertz CT molecular complexity index is 1840. The summed E-state index contributed by atoms with van der Waals surface area (Å²) >= 11 is 1.26. The van der Waals surface area contributed by atoms with Crippen LogP contribution in [0.25, 0.3) is 16.3 Å². The molecule has 10 heteroatoms. The second-order valence-corrected chi connectivity index (χ2v) is 13.5. The highest BCUT2D eigenvalue weighted by atomic mass is 32.2. The summed E-state index contributed by atoms with van der Waals surface area (Å²) in [6.07, 6.45) is 9.99. The normalized spacial score (nSPS) is 15.5. The van der Waals surface area contributed by atoms with Crippen LogP contribution in [0, 0.1) is 29.5 Å². The van der Waals surface area contributed by atoms with E-state index in [1.807, 2.05) is 29.0 Å². The Morgan fingerprint density at radius 2 is 1.93 bits per heavy atom. The van der Waals surface area contributed by atoms with Gasteiger partial charge in [-0.05, 0) is 85.4 Å². The summed E-state index contributed by atoms with van der Waals surface area (Å²) in [5.41, 5.74) is 5.28. The second-order valence-electron chi connectivity index (χ2n) is 11.1. The van der Waals surface area contributed by atoms with Gasteiger partial charge >= 0.3 is 5.97 Å². The van der Waals surface area contributed by atoms with E-state index in [-0.39, 0.29) is 5.69 Å². The lowest BCUT2D eigenvalue weighted by molar-refractivity contribution is 0.0691. The van der Waals surface area contributed by atoms with Gasteiger partial charge in [0, 0.05) is 34.3 Å². The molecule has 0 bridgehead atoms. The number of carboxylic acid groups (broad SMARTS) is 1. The molecule has 2 aliphatic carbocycles. The van der Waals surface area contributed by atoms with Crippen LogP contribution in [-0.4, -0.2) is 29.0 Å². The maximum absolute atomic E-state index is 14.9. The fraction of sp³-hybridized carbons (Fsp3) is 0.312. The van der Waals surface area contributed by atoms with Gasteiger partial charge in [0.05, 0.1) is 0 Å². The predicted molar refractivity (Wildman–Crippen MR) is 160 cm³/mol. The Hall–Kier alpha value is -3.78. The number of hydrogen-bond acceptors (Lipinski definition) is 5. The van der Waals surface area contributed by atoms with Crippen molar-refractivity contribution in [2.45, 2.75) is 56.3 Å². The van der Waals surface area contributed by atoms with Crippen molar-refractivity contribution in [2.75, 3.05) is 0 Å². The van der Waals surface area contributed by atoms with E-state index < -0.39 is 26.7 Å². The average Bonchev–Trinajstić information content (AvgIpc) is 3.30. The van der Waals surface area contributed by atoms with E-state index >= 15 is 0 Å². The Labute approximate surface area is 248 Å². The Kier molecular flexibility index (Phi) is 7.75. The lowest BCUT2D eigenvalue weighted by atomic mass is 9.94. The molecule has 2 heterocycles. The first-order chi connectivity index (χ1) is 20.2. The molecule has 0 saturated heterocycles. The van der Waals surface area contributed by atoms with Crippen molar-refractivity contribution in [3.63, 3.8) is 0 Å². The van der Waals surface area contributed by atoms with Crippen LogP contribution in [0.1, 0.15) is 71.4 Å². The fourth-order valence-electron chi connectivity index (χ4n) is 5.60. The lowest BCUT2D eigenvalue weighted by Gasteiger charge is -2.12. The first kappa shape index (κ1) is 28.3. The predicted octanol–water partition coefficient (Wildman–Crippen LogP) is 6.17. The number of aromatic nitrogens is 2. The summed E-state index contributed by atoms with van der Waals surface area (Å²) in [5.74, 6) is 5.72. The number of sulfonamides is 1. The third-order valence-corrected chi connectivity index (χ3v) is 9.74. The number of nitrogens with zero attached hydrogens (tertiary/aromatic N) is 2. The summed E-state index contributed by atoms with van der Waals surface area (Å²) in [5, 5.41) is 16.8. The number of aromatic carboxylic acids is 1. The summed E-state index contributed by atoms with van der Waals surface area (Å²) < 4.78 is 40.4. The molecular weight excluding hydrogens is 574 g/mol. The smallest absolute Gasteiger partial charge is 0.355 e. The molecule has 0 aliphatic heterocycles. The molecule has 3 N–H and O–H groups in total. The highest BCUT2D eigenvalue weighted by Gasteiger charge is 2.28. The van der Waals surface area contributed by atoms with E-state index in [4.69, 9.17) is 5.14 Å². The number of thiazole rings is 1. The van der Waals surface area contributed by atoms with Crippen molar-refractivity contribution in [3.05, 3.63) is 87.9 Å². The molecule has 2 aromatic heterocycles. The molecule has 0 spiro atoms. The van der Waals surface area contributed by atoms with E-state index in [0.717, 1.165) is 60.1 Å². The van der Waals surface area contributed by atoms with Gasteiger partial charge in [0.2, 0.25) is 10.0 Å². The van der Waals surface area contributed by atoms with Crippen LogP contribution in [0.15, 0.2) is 58.9 Å². The van der Waals surface area contributed by atoms with Gasteiger partial charge in [0.15, 0.2) is 10.8 Å². The first-order valence-electron chi connectivity index (χ1n) is 14.0. The molecule has 0 unspecified atom stereocenters. The van der Waals surface area contributed by atoms with E-state index in [1.165, 1.54) is 41.7 Å². The van der Waals surface area contributed by atoms with Gasteiger partial charge in [-0.25, -0.2) is 27.7 Å². The molecule has 42 heavy (non-hydrogen) atoms. The highest BCUT2D eigenvalue weighted by Crippen LogP contribution is 2.39. The monoisotopic (exact) mass is 603 g/mol. The quantitative estimate of drug-likeness (QED) is 0.234. The largest absolute Gasteiger partial charge is 0.476 e. The molecule has 2 fully saturated rings. The Morgan fingerprint density at radius 1 is 1.14 bits per heavy atom. The van der Waals surface area contributed by atoms with Crippen LogP contribution in [0.3, 0.4) is 0 Å². The maximum atomic E-state index is 14.9. The van der Waals surface area contributed by atoms with Gasteiger partial charge in [0.1, 0.15) is 10.7 Å². The van der Waals surface area contributed by atoms with Crippen molar-refractivity contribution in [2.24, 2.45) is 17.0 Å². The molecule has 7 nitrogen and oxygen atoms in total. The SMILES string of the molecule is NS(=O)(=O)c1ccc(Cc2c(-c3cccc(C#CC4CCCC4)c3)cn(-c3nc(C(=O)O)cs3)c2CC2CC2)cc1F. The molecule has 2 saturated carbocycles. The first-order valence-corrected chi connectivity index (χ1v) is 16.4. The number of rotatable bonds is 8. The molecule has 0 radical (unpaired) electrons. The van der Waals surface area contributed by atoms with Gasteiger partial charge in [0.25, 0.3) is 0 Å². The highest BCUT2D eigenvalue weighted by molar-refractivity contribution is 7.89. The van der Waals surface area contributed by atoms with Crippen molar-refractivity contribution in [1.82, 2.24) is 9.55 Å². The van der Waals surface area contributed by atoms with Crippen LogP contribution in [0.5, 0.6) is 0 Å². The van der Waals surface area contributed by atoms with Gasteiger partial charge < -0.3 is 5.11 Å². The number of nitrogens with two attached hydrogens (primary N) is 1. The number of primary sulfonamides is 1. The topological polar surface area (TPSA) is 115 Å². The zero-order valence-corrected chi connectivity index (χ0v) is 24.5. The number of carboxylic acids is 1.